The van der Waals surface area contributed by atoms with Crippen LogP contribution in [0, 0.1) is 0 Å². The maximum Gasteiger partial charge on any atom is 0.163 e. The standard InChI is InChI=1S/C16H20O3/c17-16-6-3-4-12-7-8-13(10-15(12)16)19-11-14-5-1-2-9-18-14/h7-8,10,14H,1-6,9,11H2. The van der Waals surface area contributed by atoms with Gasteiger partial charge in [0.15, 0.2) is 5.78 Å². The van der Waals surface area contributed by atoms with E-state index in [2.05, 4.69) is 0 Å². The Morgan fingerprint density at radius 2 is 2.16 bits per heavy atom. The van der Waals surface area contributed by atoms with Gasteiger partial charge >= 0.3 is 0 Å². The number of fused-ring (bicyclic) bond motifs is 1. The van der Waals surface area contributed by atoms with Gasteiger partial charge in [0.1, 0.15) is 12.4 Å². The average molecular weight is 260 g/mol. The molecule has 0 bridgehead atoms. The van der Waals surface area contributed by atoms with Gasteiger partial charge in [0, 0.05) is 18.6 Å². The van der Waals surface area contributed by atoms with Crippen molar-refractivity contribution in [2.75, 3.05) is 13.2 Å². The predicted octanol–water partition coefficient (Wildman–Crippen LogP) is 3.15. The van der Waals surface area contributed by atoms with Crippen molar-refractivity contribution in [2.45, 2.75) is 44.6 Å². The van der Waals surface area contributed by atoms with Gasteiger partial charge in [0.2, 0.25) is 0 Å². The number of hydrogen-bond acceptors (Lipinski definition) is 3. The first-order chi connectivity index (χ1) is 9.33. The van der Waals surface area contributed by atoms with Crippen LogP contribution >= 0.6 is 0 Å². The van der Waals surface area contributed by atoms with Crippen molar-refractivity contribution >= 4 is 5.78 Å². The number of hydrogen-bond donors (Lipinski definition) is 0. The van der Waals surface area contributed by atoms with Crippen LogP contribution in [0.2, 0.25) is 0 Å². The minimum atomic E-state index is 0.209. The van der Waals surface area contributed by atoms with Crippen molar-refractivity contribution in [3.05, 3.63) is 29.3 Å². The molecule has 3 rings (SSSR count). The van der Waals surface area contributed by atoms with Gasteiger partial charge in [-0.2, -0.15) is 0 Å². The molecule has 1 aromatic rings. The summed E-state index contributed by atoms with van der Waals surface area (Å²) >= 11 is 0. The van der Waals surface area contributed by atoms with E-state index in [1.54, 1.807) is 0 Å². The summed E-state index contributed by atoms with van der Waals surface area (Å²) in [4.78, 5) is 11.9. The number of rotatable bonds is 3. The van der Waals surface area contributed by atoms with Gasteiger partial charge < -0.3 is 9.47 Å². The Balaban J connectivity index is 1.64. The van der Waals surface area contributed by atoms with Crippen LogP contribution in [0.25, 0.3) is 0 Å². The zero-order chi connectivity index (χ0) is 13.1. The summed E-state index contributed by atoms with van der Waals surface area (Å²) in [5.74, 6) is 1.05. The van der Waals surface area contributed by atoms with Crippen LogP contribution < -0.4 is 4.74 Å². The predicted molar refractivity (Wildman–Crippen MR) is 72.8 cm³/mol. The van der Waals surface area contributed by atoms with Crippen LogP contribution in [-0.2, 0) is 11.2 Å². The van der Waals surface area contributed by atoms with E-state index in [-0.39, 0.29) is 11.9 Å². The molecular weight excluding hydrogens is 240 g/mol. The summed E-state index contributed by atoms with van der Waals surface area (Å²) < 4.78 is 11.4. The van der Waals surface area contributed by atoms with Crippen molar-refractivity contribution in [3.63, 3.8) is 0 Å². The maximum atomic E-state index is 11.9. The quantitative estimate of drug-likeness (QED) is 0.837. The molecule has 0 spiro atoms. The van der Waals surface area contributed by atoms with E-state index >= 15 is 0 Å². The van der Waals surface area contributed by atoms with E-state index in [4.69, 9.17) is 9.47 Å². The van der Waals surface area contributed by atoms with E-state index in [9.17, 15) is 4.79 Å². The molecule has 102 valence electrons. The molecule has 0 amide bonds. The molecule has 1 atom stereocenters. The first-order valence-corrected chi connectivity index (χ1v) is 7.23. The van der Waals surface area contributed by atoms with Crippen LogP contribution in [0.3, 0.4) is 0 Å². The Hall–Kier alpha value is -1.35. The molecular formula is C16H20O3. The van der Waals surface area contributed by atoms with Crippen LogP contribution in [-0.4, -0.2) is 25.1 Å². The average Bonchev–Trinajstić information content (AvgIpc) is 2.47. The molecule has 0 aromatic heterocycles. The van der Waals surface area contributed by atoms with Gasteiger partial charge in [0.05, 0.1) is 6.10 Å². The molecule has 1 aromatic carbocycles. The highest BCUT2D eigenvalue weighted by molar-refractivity contribution is 5.98. The lowest BCUT2D eigenvalue weighted by molar-refractivity contribution is -0.0110. The van der Waals surface area contributed by atoms with Crippen molar-refractivity contribution < 1.29 is 14.3 Å². The summed E-state index contributed by atoms with van der Waals surface area (Å²) in [5.41, 5.74) is 2.02. The summed E-state index contributed by atoms with van der Waals surface area (Å²) in [7, 11) is 0. The molecule has 0 saturated carbocycles. The van der Waals surface area contributed by atoms with Crippen LogP contribution in [0.4, 0.5) is 0 Å². The highest BCUT2D eigenvalue weighted by atomic mass is 16.5. The number of carbonyl (C=O) groups is 1. The Labute approximate surface area is 113 Å². The van der Waals surface area contributed by atoms with Gasteiger partial charge in [0.25, 0.3) is 0 Å². The Morgan fingerprint density at radius 3 is 3.00 bits per heavy atom. The molecule has 0 N–H and O–H groups in total. The Kier molecular flexibility index (Phi) is 3.83. The molecule has 1 fully saturated rings. The molecule has 1 heterocycles. The molecule has 1 saturated heterocycles. The van der Waals surface area contributed by atoms with E-state index in [1.807, 2.05) is 18.2 Å². The largest absolute Gasteiger partial charge is 0.491 e. The smallest absolute Gasteiger partial charge is 0.163 e. The molecule has 3 heteroatoms. The first kappa shape index (κ1) is 12.7. The molecule has 3 nitrogen and oxygen atoms in total. The SMILES string of the molecule is O=C1CCCc2ccc(OCC3CCCCO3)cc21. The summed E-state index contributed by atoms with van der Waals surface area (Å²) in [6, 6.07) is 5.91. The normalized spacial score (nSPS) is 22.9. The van der Waals surface area contributed by atoms with Crippen molar-refractivity contribution in [2.24, 2.45) is 0 Å². The van der Waals surface area contributed by atoms with Gasteiger partial charge in [-0.3, -0.25) is 4.79 Å². The van der Waals surface area contributed by atoms with Crippen molar-refractivity contribution in [1.29, 1.82) is 0 Å². The fourth-order valence-electron chi connectivity index (χ4n) is 2.83. The van der Waals surface area contributed by atoms with E-state index in [1.165, 1.54) is 6.42 Å². The fraction of sp³-hybridized carbons (Fsp3) is 0.562. The summed E-state index contributed by atoms with van der Waals surface area (Å²) in [5, 5.41) is 0. The van der Waals surface area contributed by atoms with Crippen LogP contribution in [0.1, 0.15) is 48.0 Å². The second kappa shape index (κ2) is 5.74. The lowest BCUT2D eigenvalue weighted by Gasteiger charge is -2.23. The van der Waals surface area contributed by atoms with Gasteiger partial charge in [-0.05, 0) is 49.8 Å². The number of aryl methyl sites for hydroxylation is 1. The maximum absolute atomic E-state index is 11.9. The second-order valence-corrected chi connectivity index (χ2v) is 5.40. The lowest BCUT2D eigenvalue weighted by atomic mass is 9.90. The number of benzene rings is 1. The Bertz CT molecular complexity index is 461. The molecule has 1 aliphatic carbocycles. The summed E-state index contributed by atoms with van der Waals surface area (Å²) in [6.45, 7) is 1.43. The Morgan fingerprint density at radius 1 is 1.21 bits per heavy atom. The molecule has 19 heavy (non-hydrogen) atoms. The van der Waals surface area contributed by atoms with E-state index < -0.39 is 0 Å². The molecule has 1 aliphatic heterocycles. The second-order valence-electron chi connectivity index (χ2n) is 5.40. The monoisotopic (exact) mass is 260 g/mol. The van der Waals surface area contributed by atoms with Crippen molar-refractivity contribution in [3.8, 4) is 5.75 Å². The number of Topliss-reactive ketones (excluding diaryl/α,β-unsaturated/α-hetero) is 1. The molecule has 2 aliphatic rings. The lowest BCUT2D eigenvalue weighted by Crippen LogP contribution is -2.25. The number of carbonyl (C=O) groups excluding carboxylic acids is 1. The first-order valence-electron chi connectivity index (χ1n) is 7.23. The number of ether oxygens (including phenoxy) is 2. The highest BCUT2D eigenvalue weighted by Gasteiger charge is 2.18. The van der Waals surface area contributed by atoms with Gasteiger partial charge in [-0.25, -0.2) is 0 Å². The third-order valence-corrected chi connectivity index (χ3v) is 3.94. The molecule has 0 radical (unpaired) electrons. The zero-order valence-electron chi connectivity index (χ0n) is 11.2. The molecule has 1 unspecified atom stereocenters. The van der Waals surface area contributed by atoms with Gasteiger partial charge in [-0.1, -0.05) is 6.07 Å². The minimum Gasteiger partial charge on any atom is -0.491 e. The zero-order valence-corrected chi connectivity index (χ0v) is 11.2. The van der Waals surface area contributed by atoms with Gasteiger partial charge in [-0.15, -0.1) is 0 Å². The van der Waals surface area contributed by atoms with Crippen LogP contribution in [0.5, 0.6) is 5.75 Å². The van der Waals surface area contributed by atoms with Crippen LogP contribution in [0.15, 0.2) is 18.2 Å². The summed E-state index contributed by atoms with van der Waals surface area (Å²) in [6.07, 6.45) is 6.31. The fourth-order valence-corrected chi connectivity index (χ4v) is 2.83. The highest BCUT2D eigenvalue weighted by Crippen LogP contribution is 2.26. The third-order valence-electron chi connectivity index (χ3n) is 3.94. The van der Waals surface area contributed by atoms with E-state index in [0.29, 0.717) is 13.0 Å². The number of ketones is 1. The minimum absolute atomic E-state index is 0.209. The topological polar surface area (TPSA) is 35.5 Å². The third kappa shape index (κ3) is 2.98. The van der Waals surface area contributed by atoms with Crippen molar-refractivity contribution in [1.82, 2.24) is 0 Å². The van der Waals surface area contributed by atoms with E-state index in [0.717, 1.165) is 49.2 Å².